The molecule has 2 rings (SSSR count). The smallest absolute Gasteiger partial charge is 0.274 e. The van der Waals surface area contributed by atoms with Gasteiger partial charge in [0.05, 0.1) is 25.4 Å². The topological polar surface area (TPSA) is 38.7 Å². The summed E-state index contributed by atoms with van der Waals surface area (Å²) in [7, 11) is 2.70. The fourth-order valence-electron chi connectivity index (χ4n) is 1.97. The molecule has 1 saturated carbocycles. The van der Waals surface area contributed by atoms with Crippen LogP contribution in [0.15, 0.2) is 12.1 Å². The maximum atomic E-state index is 13.6. The number of rotatable bonds is 4. The molecule has 1 N–H and O–H groups in total. The highest BCUT2D eigenvalue weighted by atomic mass is 19.3. The first-order valence-corrected chi connectivity index (χ1v) is 5.69. The number of hydrogen-bond acceptors (Lipinski definition) is 3. The summed E-state index contributed by atoms with van der Waals surface area (Å²) >= 11 is 0. The molecule has 1 aliphatic rings. The van der Waals surface area contributed by atoms with Crippen LogP contribution in [0.25, 0.3) is 0 Å². The molecule has 0 amide bonds. The van der Waals surface area contributed by atoms with E-state index >= 15 is 0 Å². The van der Waals surface area contributed by atoms with Crippen molar-refractivity contribution in [2.24, 2.45) is 0 Å². The van der Waals surface area contributed by atoms with Crippen LogP contribution in [0, 0.1) is 0 Å². The van der Waals surface area contributed by atoms with Crippen molar-refractivity contribution in [1.29, 1.82) is 0 Å². The number of alkyl halides is 2. The number of ether oxygens (including phenoxy) is 2. The molecule has 0 saturated heterocycles. The monoisotopic (exact) mass is 258 g/mol. The second kappa shape index (κ2) is 4.09. The van der Waals surface area contributed by atoms with Gasteiger partial charge in [-0.3, -0.25) is 0 Å². The van der Waals surface area contributed by atoms with Crippen LogP contribution >= 0.6 is 0 Å². The lowest BCUT2D eigenvalue weighted by Gasteiger charge is -2.20. The first kappa shape index (κ1) is 13.1. The van der Waals surface area contributed by atoms with E-state index in [0.29, 0.717) is 18.4 Å². The van der Waals surface area contributed by atoms with Crippen LogP contribution < -0.4 is 9.47 Å². The molecule has 1 fully saturated rings. The maximum absolute atomic E-state index is 13.6. The minimum atomic E-state index is -3.06. The average Bonchev–Trinajstić information content (AvgIpc) is 3.05. The summed E-state index contributed by atoms with van der Waals surface area (Å²) in [5, 5.41) is 10.0. The summed E-state index contributed by atoms with van der Waals surface area (Å²) in [4.78, 5) is 0. The van der Waals surface area contributed by atoms with Crippen LogP contribution in [-0.2, 0) is 11.5 Å². The molecule has 18 heavy (non-hydrogen) atoms. The molecular formula is C13H16F2O3. The second-order valence-corrected chi connectivity index (χ2v) is 4.68. The van der Waals surface area contributed by atoms with Gasteiger partial charge in [0.1, 0.15) is 0 Å². The molecule has 0 radical (unpaired) electrons. The fourth-order valence-corrected chi connectivity index (χ4v) is 1.97. The molecule has 1 aliphatic carbocycles. The number of methoxy groups -OCH3 is 2. The van der Waals surface area contributed by atoms with E-state index < -0.39 is 11.5 Å². The Morgan fingerprint density at radius 1 is 1.22 bits per heavy atom. The second-order valence-electron chi connectivity index (χ2n) is 4.68. The Morgan fingerprint density at radius 3 is 2.22 bits per heavy atom. The van der Waals surface area contributed by atoms with Gasteiger partial charge < -0.3 is 14.6 Å². The number of aliphatic hydroxyl groups is 1. The quantitative estimate of drug-likeness (QED) is 0.902. The Bertz CT molecular complexity index is 462. The Balaban J connectivity index is 2.61. The van der Waals surface area contributed by atoms with E-state index in [0.717, 1.165) is 6.92 Å². The van der Waals surface area contributed by atoms with Gasteiger partial charge in [0.15, 0.2) is 11.5 Å². The lowest BCUT2D eigenvalue weighted by atomic mass is 9.99. The van der Waals surface area contributed by atoms with Gasteiger partial charge in [-0.1, -0.05) is 0 Å². The molecule has 5 heteroatoms. The largest absolute Gasteiger partial charge is 0.493 e. The van der Waals surface area contributed by atoms with Crippen LogP contribution in [0.5, 0.6) is 11.5 Å². The SMILES string of the molecule is COc1cc(C2(O)CC2)cc(C(C)(F)F)c1OC. The van der Waals surface area contributed by atoms with E-state index in [1.807, 2.05) is 0 Å². The van der Waals surface area contributed by atoms with E-state index in [2.05, 4.69) is 0 Å². The minimum Gasteiger partial charge on any atom is -0.493 e. The Hall–Kier alpha value is -1.36. The fraction of sp³-hybridized carbons (Fsp3) is 0.538. The van der Waals surface area contributed by atoms with Crippen molar-refractivity contribution in [3.05, 3.63) is 23.3 Å². The first-order valence-electron chi connectivity index (χ1n) is 5.69. The first-order chi connectivity index (χ1) is 8.31. The van der Waals surface area contributed by atoms with Gasteiger partial charge in [0, 0.05) is 6.92 Å². The summed E-state index contributed by atoms with van der Waals surface area (Å²) in [6.07, 6.45) is 1.16. The van der Waals surface area contributed by atoms with Crippen molar-refractivity contribution in [2.75, 3.05) is 14.2 Å². The van der Waals surface area contributed by atoms with Crippen LogP contribution in [0.2, 0.25) is 0 Å². The summed E-state index contributed by atoms with van der Waals surface area (Å²) in [5.74, 6) is -2.83. The Labute approximate surface area is 104 Å². The van der Waals surface area contributed by atoms with Crippen molar-refractivity contribution in [3.8, 4) is 11.5 Å². The van der Waals surface area contributed by atoms with Crippen molar-refractivity contribution in [2.45, 2.75) is 31.3 Å². The molecule has 0 bridgehead atoms. The van der Waals surface area contributed by atoms with Gasteiger partial charge in [-0.25, -0.2) is 8.78 Å². The predicted molar refractivity (Wildman–Crippen MR) is 62.2 cm³/mol. The highest BCUT2D eigenvalue weighted by Gasteiger charge is 2.44. The molecule has 0 heterocycles. The Kier molecular flexibility index (Phi) is 2.97. The zero-order chi connectivity index (χ0) is 13.6. The standard InChI is InChI=1S/C13H16F2O3/c1-12(14,15)9-6-8(13(16)4-5-13)7-10(17-2)11(9)18-3/h6-7,16H,4-5H2,1-3H3. The van der Waals surface area contributed by atoms with Crippen LogP contribution in [0.1, 0.15) is 30.9 Å². The predicted octanol–water partition coefficient (Wildman–Crippen LogP) is 2.80. The van der Waals surface area contributed by atoms with Crippen molar-refractivity contribution in [3.63, 3.8) is 0 Å². The van der Waals surface area contributed by atoms with Crippen molar-refractivity contribution < 1.29 is 23.4 Å². The molecular weight excluding hydrogens is 242 g/mol. The summed E-state index contributed by atoms with van der Waals surface area (Å²) in [6.45, 7) is 0.797. The third kappa shape index (κ3) is 2.14. The molecule has 1 aromatic carbocycles. The highest BCUT2D eigenvalue weighted by Crippen LogP contribution is 2.50. The van der Waals surface area contributed by atoms with Crippen LogP contribution in [0.3, 0.4) is 0 Å². The number of hydrogen-bond donors (Lipinski definition) is 1. The third-order valence-corrected chi connectivity index (χ3v) is 3.21. The van der Waals surface area contributed by atoms with E-state index in [1.165, 1.54) is 20.3 Å². The van der Waals surface area contributed by atoms with Crippen LogP contribution in [0.4, 0.5) is 8.78 Å². The van der Waals surface area contributed by atoms with E-state index in [1.54, 1.807) is 6.07 Å². The number of halogens is 2. The molecule has 0 unspecified atom stereocenters. The van der Waals surface area contributed by atoms with Crippen molar-refractivity contribution >= 4 is 0 Å². The van der Waals surface area contributed by atoms with Gasteiger partial charge in [0.25, 0.3) is 5.92 Å². The lowest BCUT2D eigenvalue weighted by molar-refractivity contribution is 0.0143. The lowest BCUT2D eigenvalue weighted by Crippen LogP contribution is -2.13. The van der Waals surface area contributed by atoms with E-state index in [4.69, 9.17) is 9.47 Å². The zero-order valence-electron chi connectivity index (χ0n) is 10.6. The Morgan fingerprint density at radius 2 is 1.83 bits per heavy atom. The highest BCUT2D eigenvalue weighted by molar-refractivity contribution is 5.53. The molecule has 0 aliphatic heterocycles. The summed E-state index contributed by atoms with van der Waals surface area (Å²) in [6, 6.07) is 2.86. The molecule has 1 aromatic rings. The van der Waals surface area contributed by atoms with Gasteiger partial charge in [-0.2, -0.15) is 0 Å². The molecule has 3 nitrogen and oxygen atoms in total. The molecule has 100 valence electrons. The normalized spacial score (nSPS) is 17.4. The molecule has 0 aromatic heterocycles. The average molecular weight is 258 g/mol. The summed E-state index contributed by atoms with van der Waals surface area (Å²) < 4.78 is 37.2. The van der Waals surface area contributed by atoms with Crippen LogP contribution in [-0.4, -0.2) is 19.3 Å². The van der Waals surface area contributed by atoms with Gasteiger partial charge in [0.2, 0.25) is 0 Å². The zero-order valence-corrected chi connectivity index (χ0v) is 10.6. The third-order valence-electron chi connectivity index (χ3n) is 3.21. The van der Waals surface area contributed by atoms with E-state index in [9.17, 15) is 13.9 Å². The van der Waals surface area contributed by atoms with E-state index in [-0.39, 0.29) is 17.1 Å². The van der Waals surface area contributed by atoms with Gasteiger partial charge in [-0.05, 0) is 30.5 Å². The maximum Gasteiger partial charge on any atom is 0.274 e. The molecule has 0 spiro atoms. The summed E-state index contributed by atoms with van der Waals surface area (Å²) in [5.41, 5.74) is -0.795. The van der Waals surface area contributed by atoms with Gasteiger partial charge in [-0.15, -0.1) is 0 Å². The minimum absolute atomic E-state index is 0.0120. The van der Waals surface area contributed by atoms with Crippen molar-refractivity contribution in [1.82, 2.24) is 0 Å². The van der Waals surface area contributed by atoms with Gasteiger partial charge >= 0.3 is 0 Å². The number of benzene rings is 1. The molecule has 0 atom stereocenters.